The van der Waals surface area contributed by atoms with E-state index in [1.165, 1.54) is 4.68 Å². The lowest BCUT2D eigenvalue weighted by atomic mass is 10.2. The predicted octanol–water partition coefficient (Wildman–Crippen LogP) is 1.96. The average molecular weight is 366 g/mol. The lowest BCUT2D eigenvalue weighted by molar-refractivity contribution is -0.124. The standard InChI is InChI=1S/C18H18N6OS/c19-14-8-9-23(12-14)18(25)16(11-15-7-4-10-26-15)24-17(20-21-22-24)13-5-2-1-3-6-13/h1-7,10-11,14H,8-9,12,19H2. The van der Waals surface area contributed by atoms with Gasteiger partial charge in [-0.25, -0.2) is 0 Å². The Morgan fingerprint density at radius 1 is 1.23 bits per heavy atom. The van der Waals surface area contributed by atoms with Gasteiger partial charge in [0.2, 0.25) is 0 Å². The van der Waals surface area contributed by atoms with E-state index in [-0.39, 0.29) is 11.9 Å². The van der Waals surface area contributed by atoms with Crippen molar-refractivity contribution in [3.05, 3.63) is 52.7 Å². The van der Waals surface area contributed by atoms with Crippen LogP contribution in [0, 0.1) is 0 Å². The van der Waals surface area contributed by atoms with E-state index in [1.54, 1.807) is 16.2 Å². The zero-order valence-electron chi connectivity index (χ0n) is 14.0. The Kier molecular flexibility index (Phi) is 4.59. The van der Waals surface area contributed by atoms with E-state index in [2.05, 4.69) is 15.5 Å². The van der Waals surface area contributed by atoms with E-state index in [9.17, 15) is 4.79 Å². The summed E-state index contributed by atoms with van der Waals surface area (Å²) in [4.78, 5) is 15.9. The molecule has 132 valence electrons. The number of tetrazole rings is 1. The molecule has 0 saturated carbocycles. The zero-order valence-corrected chi connectivity index (χ0v) is 14.8. The second kappa shape index (κ2) is 7.19. The van der Waals surface area contributed by atoms with Gasteiger partial charge < -0.3 is 10.6 Å². The first-order valence-corrected chi connectivity index (χ1v) is 9.24. The van der Waals surface area contributed by atoms with Crippen molar-refractivity contribution in [2.45, 2.75) is 12.5 Å². The number of benzene rings is 1. The number of hydrogen-bond donors (Lipinski definition) is 1. The van der Waals surface area contributed by atoms with Crippen LogP contribution in [0.1, 0.15) is 11.3 Å². The molecule has 2 N–H and O–H groups in total. The predicted molar refractivity (Wildman–Crippen MR) is 101 cm³/mol. The number of carbonyl (C=O) groups is 1. The molecule has 4 rings (SSSR count). The number of likely N-dealkylation sites (tertiary alicyclic amines) is 1. The molecule has 0 spiro atoms. The number of rotatable bonds is 4. The second-order valence-corrected chi connectivity index (χ2v) is 7.10. The third-order valence-corrected chi connectivity index (χ3v) is 5.10. The van der Waals surface area contributed by atoms with E-state index in [4.69, 9.17) is 5.73 Å². The second-order valence-electron chi connectivity index (χ2n) is 6.13. The molecule has 1 aliphatic rings. The van der Waals surface area contributed by atoms with Crippen molar-refractivity contribution in [3.63, 3.8) is 0 Å². The third-order valence-electron chi connectivity index (χ3n) is 4.28. The summed E-state index contributed by atoms with van der Waals surface area (Å²) in [7, 11) is 0. The summed E-state index contributed by atoms with van der Waals surface area (Å²) in [6.07, 6.45) is 2.64. The Bertz CT molecular complexity index is 918. The monoisotopic (exact) mass is 366 g/mol. The van der Waals surface area contributed by atoms with Gasteiger partial charge >= 0.3 is 0 Å². The molecule has 1 saturated heterocycles. The smallest absolute Gasteiger partial charge is 0.272 e. The van der Waals surface area contributed by atoms with Gasteiger partial charge in [0, 0.05) is 29.6 Å². The molecule has 26 heavy (non-hydrogen) atoms. The van der Waals surface area contributed by atoms with E-state index in [0.717, 1.165) is 16.9 Å². The topological polar surface area (TPSA) is 89.9 Å². The lowest BCUT2D eigenvalue weighted by Gasteiger charge is -2.18. The van der Waals surface area contributed by atoms with Gasteiger partial charge in [-0.3, -0.25) is 4.79 Å². The van der Waals surface area contributed by atoms with Crippen LogP contribution >= 0.6 is 11.3 Å². The Labute approximate surface area is 154 Å². The normalized spacial score (nSPS) is 17.7. The van der Waals surface area contributed by atoms with Crippen LogP contribution in [-0.2, 0) is 4.79 Å². The number of nitrogens with two attached hydrogens (primary N) is 1. The fourth-order valence-electron chi connectivity index (χ4n) is 2.97. The van der Waals surface area contributed by atoms with Gasteiger partial charge in [-0.1, -0.05) is 36.4 Å². The fraction of sp³-hybridized carbons (Fsp3) is 0.222. The summed E-state index contributed by atoms with van der Waals surface area (Å²) in [5.74, 6) is 0.418. The van der Waals surface area contributed by atoms with Crippen LogP contribution in [0.15, 0.2) is 47.8 Å². The number of thiophene rings is 1. The summed E-state index contributed by atoms with van der Waals surface area (Å²) >= 11 is 1.56. The summed E-state index contributed by atoms with van der Waals surface area (Å²) < 4.78 is 1.52. The first kappa shape index (κ1) is 16.6. The molecule has 0 aliphatic carbocycles. The minimum absolute atomic E-state index is 0.0180. The van der Waals surface area contributed by atoms with Crippen LogP contribution < -0.4 is 5.73 Å². The van der Waals surface area contributed by atoms with Gasteiger partial charge in [0.05, 0.1) is 0 Å². The van der Waals surface area contributed by atoms with E-state index in [0.29, 0.717) is 24.6 Å². The summed E-state index contributed by atoms with van der Waals surface area (Å²) in [6.45, 7) is 1.19. The quantitative estimate of drug-likeness (QED) is 0.713. The minimum atomic E-state index is -0.115. The summed E-state index contributed by atoms with van der Waals surface area (Å²) in [5, 5.41) is 14.0. The van der Waals surface area contributed by atoms with Crippen LogP contribution in [0.2, 0.25) is 0 Å². The summed E-state index contributed by atoms with van der Waals surface area (Å²) in [5.41, 5.74) is 7.25. The largest absolute Gasteiger partial charge is 0.336 e. The highest BCUT2D eigenvalue weighted by Crippen LogP contribution is 2.24. The van der Waals surface area contributed by atoms with Crippen molar-refractivity contribution in [2.24, 2.45) is 5.73 Å². The van der Waals surface area contributed by atoms with E-state index >= 15 is 0 Å². The number of carbonyl (C=O) groups excluding carboxylic acids is 1. The Balaban J connectivity index is 1.78. The van der Waals surface area contributed by atoms with Gasteiger partial charge in [0.1, 0.15) is 5.70 Å². The SMILES string of the molecule is NC1CCN(C(=O)C(=Cc2cccs2)n2nnnc2-c2ccccc2)C1. The minimum Gasteiger partial charge on any atom is -0.336 e. The molecule has 3 aromatic rings. The number of nitrogens with zero attached hydrogens (tertiary/aromatic N) is 5. The van der Waals surface area contributed by atoms with Gasteiger partial charge in [-0.15, -0.1) is 16.4 Å². The first-order chi connectivity index (χ1) is 12.7. The van der Waals surface area contributed by atoms with Crippen molar-refractivity contribution in [3.8, 4) is 11.4 Å². The highest BCUT2D eigenvalue weighted by Gasteiger charge is 2.29. The van der Waals surface area contributed by atoms with Crippen molar-refractivity contribution < 1.29 is 4.79 Å². The fourth-order valence-corrected chi connectivity index (χ4v) is 3.62. The highest BCUT2D eigenvalue weighted by atomic mass is 32.1. The maximum atomic E-state index is 13.2. The van der Waals surface area contributed by atoms with Gasteiger partial charge in [0.25, 0.3) is 5.91 Å². The van der Waals surface area contributed by atoms with E-state index in [1.807, 2.05) is 53.9 Å². The molecule has 7 nitrogen and oxygen atoms in total. The maximum absolute atomic E-state index is 13.2. The molecule has 0 bridgehead atoms. The molecule has 1 fully saturated rings. The molecule has 1 aromatic carbocycles. The Morgan fingerprint density at radius 2 is 2.08 bits per heavy atom. The molecular weight excluding hydrogens is 348 g/mol. The zero-order chi connectivity index (χ0) is 17.9. The average Bonchev–Trinajstić information content (AvgIpc) is 3.41. The lowest BCUT2D eigenvalue weighted by Crippen LogP contribution is -2.34. The Morgan fingerprint density at radius 3 is 2.77 bits per heavy atom. The molecule has 1 aliphatic heterocycles. The number of amides is 1. The highest BCUT2D eigenvalue weighted by molar-refractivity contribution is 7.10. The van der Waals surface area contributed by atoms with Crippen LogP contribution in [0.4, 0.5) is 0 Å². The molecule has 1 unspecified atom stereocenters. The maximum Gasteiger partial charge on any atom is 0.272 e. The van der Waals surface area contributed by atoms with Gasteiger partial charge in [-0.2, -0.15) is 4.68 Å². The van der Waals surface area contributed by atoms with Crippen LogP contribution in [0.5, 0.6) is 0 Å². The molecule has 8 heteroatoms. The number of aromatic nitrogens is 4. The van der Waals surface area contributed by atoms with Crippen molar-refractivity contribution in [1.82, 2.24) is 25.1 Å². The first-order valence-electron chi connectivity index (χ1n) is 8.36. The van der Waals surface area contributed by atoms with Crippen molar-refractivity contribution in [1.29, 1.82) is 0 Å². The van der Waals surface area contributed by atoms with Gasteiger partial charge in [-0.05, 0) is 34.4 Å². The number of hydrogen-bond acceptors (Lipinski definition) is 6. The van der Waals surface area contributed by atoms with Crippen LogP contribution in [-0.4, -0.2) is 50.1 Å². The Hall–Kier alpha value is -2.84. The van der Waals surface area contributed by atoms with Gasteiger partial charge in [0.15, 0.2) is 5.82 Å². The molecule has 1 atom stereocenters. The summed E-state index contributed by atoms with van der Waals surface area (Å²) in [6, 6.07) is 13.5. The molecule has 3 heterocycles. The molecular formula is C18H18N6OS. The third kappa shape index (κ3) is 3.29. The van der Waals surface area contributed by atoms with Crippen LogP contribution in [0.3, 0.4) is 0 Å². The van der Waals surface area contributed by atoms with Crippen molar-refractivity contribution in [2.75, 3.05) is 13.1 Å². The molecule has 2 aromatic heterocycles. The molecule has 1 amide bonds. The molecule has 0 radical (unpaired) electrons. The van der Waals surface area contributed by atoms with Crippen LogP contribution in [0.25, 0.3) is 23.2 Å². The van der Waals surface area contributed by atoms with Crippen molar-refractivity contribution >= 4 is 29.0 Å². The van der Waals surface area contributed by atoms with E-state index < -0.39 is 0 Å².